The first-order valence-electron chi connectivity index (χ1n) is 9.41. The first-order valence-corrected chi connectivity index (χ1v) is 10.8. The minimum absolute atomic E-state index is 0.0730. The van der Waals surface area contributed by atoms with Crippen molar-refractivity contribution in [1.29, 1.82) is 0 Å². The van der Waals surface area contributed by atoms with Crippen LogP contribution in [0.5, 0.6) is 0 Å². The molecule has 1 heterocycles. The lowest BCUT2D eigenvalue weighted by molar-refractivity contribution is 0.102. The zero-order valence-electron chi connectivity index (χ0n) is 16.8. The number of hydrogen-bond acceptors (Lipinski definition) is 5. The van der Waals surface area contributed by atoms with E-state index in [-0.39, 0.29) is 5.78 Å². The van der Waals surface area contributed by atoms with Gasteiger partial charge >= 0.3 is 0 Å². The molecule has 0 aliphatic carbocycles. The first-order chi connectivity index (χ1) is 14.0. The second-order valence-corrected chi connectivity index (χ2v) is 8.14. The highest BCUT2D eigenvalue weighted by molar-refractivity contribution is 7.99. The van der Waals surface area contributed by atoms with Gasteiger partial charge < -0.3 is 9.30 Å². The molecule has 7 heteroatoms. The van der Waals surface area contributed by atoms with E-state index in [4.69, 9.17) is 16.3 Å². The highest BCUT2D eigenvalue weighted by Crippen LogP contribution is 2.29. The molecule has 0 radical (unpaired) electrons. The number of carbonyl (C=O) groups is 1. The van der Waals surface area contributed by atoms with Gasteiger partial charge in [-0.15, -0.1) is 10.2 Å². The topological polar surface area (TPSA) is 57.0 Å². The Bertz CT molecular complexity index is 1000. The molecule has 0 aliphatic rings. The second kappa shape index (κ2) is 10.1. The molecule has 0 fully saturated rings. The van der Waals surface area contributed by atoms with Crippen LogP contribution < -0.4 is 0 Å². The summed E-state index contributed by atoms with van der Waals surface area (Å²) in [5, 5.41) is 10.0. The molecular weight excluding hydrogens is 406 g/mol. The van der Waals surface area contributed by atoms with Gasteiger partial charge in [-0.1, -0.05) is 47.6 Å². The smallest absolute Gasteiger partial charge is 0.191 e. The molecule has 0 spiro atoms. The van der Waals surface area contributed by atoms with Gasteiger partial charge in [0.15, 0.2) is 16.8 Å². The predicted octanol–water partition coefficient (Wildman–Crippen LogP) is 5.23. The number of aryl methyl sites for hydroxylation is 2. The lowest BCUT2D eigenvalue weighted by Crippen LogP contribution is -2.08. The Morgan fingerprint density at radius 2 is 1.93 bits per heavy atom. The van der Waals surface area contributed by atoms with E-state index in [2.05, 4.69) is 10.2 Å². The summed E-state index contributed by atoms with van der Waals surface area (Å²) in [6.45, 7) is 5.37. The van der Waals surface area contributed by atoms with Crippen LogP contribution in [-0.2, 0) is 11.3 Å². The number of ketones is 1. The number of carbonyl (C=O) groups excluding carboxylic acids is 1. The number of hydrogen-bond donors (Lipinski definition) is 0. The van der Waals surface area contributed by atoms with Crippen LogP contribution >= 0.6 is 23.4 Å². The molecule has 0 aliphatic heterocycles. The van der Waals surface area contributed by atoms with Crippen LogP contribution in [0.25, 0.3) is 11.4 Å². The molecule has 29 heavy (non-hydrogen) atoms. The number of methoxy groups -OCH3 is 1. The summed E-state index contributed by atoms with van der Waals surface area (Å²) in [6.07, 6.45) is 0.810. The average molecular weight is 430 g/mol. The monoisotopic (exact) mass is 429 g/mol. The van der Waals surface area contributed by atoms with Crippen molar-refractivity contribution in [3.63, 3.8) is 0 Å². The fraction of sp³-hybridized carbons (Fsp3) is 0.318. The predicted molar refractivity (Wildman–Crippen MR) is 118 cm³/mol. The summed E-state index contributed by atoms with van der Waals surface area (Å²) in [6, 6.07) is 13.4. The summed E-state index contributed by atoms with van der Waals surface area (Å²) in [5.74, 6) is 1.07. The Hall–Kier alpha value is -2.15. The molecule has 0 amide bonds. The molecule has 3 rings (SSSR count). The SMILES string of the molecule is COCCCn1c(SCC(=O)c2ccc(C)c(C)c2)nnc1-c1ccccc1Cl. The summed E-state index contributed by atoms with van der Waals surface area (Å²) in [5.41, 5.74) is 3.84. The zero-order valence-corrected chi connectivity index (χ0v) is 18.4. The third-order valence-corrected chi connectivity index (χ3v) is 6.02. The molecule has 0 unspecified atom stereocenters. The van der Waals surface area contributed by atoms with Gasteiger partial charge in [-0.2, -0.15) is 0 Å². The van der Waals surface area contributed by atoms with Gasteiger partial charge in [0, 0.05) is 31.4 Å². The molecule has 152 valence electrons. The van der Waals surface area contributed by atoms with Crippen LogP contribution in [0.15, 0.2) is 47.6 Å². The van der Waals surface area contributed by atoms with Gasteiger partial charge in [0.2, 0.25) is 0 Å². The minimum atomic E-state index is 0.0730. The average Bonchev–Trinajstić information content (AvgIpc) is 3.11. The highest BCUT2D eigenvalue weighted by Gasteiger charge is 2.18. The number of nitrogens with zero attached hydrogens (tertiary/aromatic N) is 3. The van der Waals surface area contributed by atoms with E-state index in [0.717, 1.165) is 23.1 Å². The Morgan fingerprint density at radius 1 is 1.14 bits per heavy atom. The molecule has 0 saturated heterocycles. The van der Waals surface area contributed by atoms with E-state index in [9.17, 15) is 4.79 Å². The van der Waals surface area contributed by atoms with Gasteiger partial charge in [-0.3, -0.25) is 4.79 Å². The van der Waals surface area contributed by atoms with Gasteiger partial charge in [0.05, 0.1) is 10.8 Å². The summed E-state index contributed by atoms with van der Waals surface area (Å²) >= 11 is 7.77. The Balaban J connectivity index is 1.81. The van der Waals surface area contributed by atoms with Crippen molar-refractivity contribution < 1.29 is 9.53 Å². The van der Waals surface area contributed by atoms with Crippen molar-refractivity contribution in [3.05, 3.63) is 64.2 Å². The first kappa shape index (κ1) is 21.6. The maximum atomic E-state index is 12.7. The van der Waals surface area contributed by atoms with Gasteiger partial charge in [-0.05, 0) is 49.6 Å². The number of ether oxygens (including phenoxy) is 1. The zero-order chi connectivity index (χ0) is 20.8. The molecular formula is C22H24ClN3O2S. The molecule has 2 aromatic carbocycles. The fourth-order valence-corrected chi connectivity index (χ4v) is 4.01. The van der Waals surface area contributed by atoms with Gasteiger partial charge in [0.25, 0.3) is 0 Å². The van der Waals surface area contributed by atoms with Gasteiger partial charge in [0.1, 0.15) is 0 Å². The Morgan fingerprint density at radius 3 is 2.66 bits per heavy atom. The second-order valence-electron chi connectivity index (χ2n) is 6.79. The summed E-state index contributed by atoms with van der Waals surface area (Å²) < 4.78 is 7.20. The van der Waals surface area contributed by atoms with Crippen molar-refractivity contribution in [2.24, 2.45) is 0 Å². The Kier molecular flexibility index (Phi) is 7.47. The highest BCUT2D eigenvalue weighted by atomic mass is 35.5. The standard InChI is InChI=1S/C22H24ClN3O2S/c1-15-9-10-17(13-16(15)2)20(27)14-29-22-25-24-21(26(22)11-6-12-28-3)18-7-4-5-8-19(18)23/h4-5,7-10,13H,6,11-12,14H2,1-3H3. The van der Waals surface area contributed by atoms with Crippen molar-refractivity contribution in [2.45, 2.75) is 32.0 Å². The van der Waals surface area contributed by atoms with E-state index in [1.807, 2.05) is 60.9 Å². The Labute approximate surface area is 180 Å². The van der Waals surface area contributed by atoms with E-state index >= 15 is 0 Å². The van der Waals surface area contributed by atoms with Crippen molar-refractivity contribution in [1.82, 2.24) is 14.8 Å². The van der Waals surface area contributed by atoms with E-state index in [0.29, 0.717) is 34.9 Å². The molecule has 0 saturated carbocycles. The van der Waals surface area contributed by atoms with Crippen LogP contribution in [0.3, 0.4) is 0 Å². The summed E-state index contributed by atoms with van der Waals surface area (Å²) in [4.78, 5) is 12.7. The van der Waals surface area contributed by atoms with Crippen LogP contribution in [0.2, 0.25) is 5.02 Å². The van der Waals surface area contributed by atoms with E-state index < -0.39 is 0 Å². The number of benzene rings is 2. The molecule has 0 N–H and O–H groups in total. The quantitative estimate of drug-likeness (QED) is 0.265. The van der Waals surface area contributed by atoms with Crippen molar-refractivity contribution >= 4 is 29.1 Å². The number of thioether (sulfide) groups is 1. The maximum absolute atomic E-state index is 12.7. The minimum Gasteiger partial charge on any atom is -0.385 e. The lowest BCUT2D eigenvalue weighted by Gasteiger charge is -2.11. The van der Waals surface area contributed by atoms with Crippen LogP contribution in [-0.4, -0.2) is 40.0 Å². The lowest BCUT2D eigenvalue weighted by atomic mass is 10.0. The largest absolute Gasteiger partial charge is 0.385 e. The third-order valence-electron chi connectivity index (χ3n) is 4.72. The van der Waals surface area contributed by atoms with Crippen LogP contribution in [0, 0.1) is 13.8 Å². The maximum Gasteiger partial charge on any atom is 0.191 e. The van der Waals surface area contributed by atoms with Gasteiger partial charge in [-0.25, -0.2) is 0 Å². The van der Waals surface area contributed by atoms with E-state index in [1.165, 1.54) is 17.3 Å². The number of Topliss-reactive ketones (excluding diaryl/α,β-unsaturated/α-hetero) is 1. The molecule has 5 nitrogen and oxygen atoms in total. The summed E-state index contributed by atoms with van der Waals surface area (Å²) in [7, 11) is 1.68. The number of rotatable bonds is 9. The fourth-order valence-electron chi connectivity index (χ4n) is 2.93. The molecule has 0 bridgehead atoms. The van der Waals surface area contributed by atoms with Crippen molar-refractivity contribution in [3.8, 4) is 11.4 Å². The molecule has 3 aromatic rings. The van der Waals surface area contributed by atoms with Crippen LogP contribution in [0.1, 0.15) is 27.9 Å². The molecule has 0 atom stereocenters. The number of halogens is 1. The normalized spacial score (nSPS) is 11.0. The molecule has 1 aromatic heterocycles. The van der Waals surface area contributed by atoms with Crippen LogP contribution in [0.4, 0.5) is 0 Å². The third kappa shape index (κ3) is 5.26. The van der Waals surface area contributed by atoms with E-state index in [1.54, 1.807) is 7.11 Å². The van der Waals surface area contributed by atoms with Crippen molar-refractivity contribution in [2.75, 3.05) is 19.5 Å². The number of aromatic nitrogens is 3.